The van der Waals surface area contributed by atoms with Crippen LogP contribution in [0.4, 0.5) is 0 Å². The van der Waals surface area contributed by atoms with E-state index in [1.807, 2.05) is 17.8 Å². The Hall–Kier alpha value is -0.960. The summed E-state index contributed by atoms with van der Waals surface area (Å²) in [6, 6.07) is 10.5. The van der Waals surface area contributed by atoms with E-state index in [1.165, 1.54) is 4.90 Å². The molecule has 0 aliphatic rings. The monoisotopic (exact) mass is 240 g/mol. The lowest BCUT2D eigenvalue weighted by Crippen LogP contribution is -2.06. The van der Waals surface area contributed by atoms with Gasteiger partial charge in [0.25, 0.3) is 6.47 Å². The van der Waals surface area contributed by atoms with Crippen LogP contribution in [0.1, 0.15) is 27.7 Å². The Kier molecular flexibility index (Phi) is 7.73. The first-order valence-corrected chi connectivity index (χ1v) is 6.10. The fourth-order valence-electron chi connectivity index (χ4n) is 0.910. The summed E-state index contributed by atoms with van der Waals surface area (Å²) in [6.07, 6.45) is 0. The maximum Gasteiger partial charge on any atom is 0.293 e. The van der Waals surface area contributed by atoms with Crippen molar-refractivity contribution < 1.29 is 9.53 Å². The molecule has 0 bridgehead atoms. The van der Waals surface area contributed by atoms with Crippen molar-refractivity contribution in [2.75, 3.05) is 6.61 Å². The molecule has 1 rings (SSSR count). The van der Waals surface area contributed by atoms with Gasteiger partial charge in [0.15, 0.2) is 0 Å². The molecule has 1 aromatic carbocycles. The second kappa shape index (κ2) is 8.22. The molecule has 0 aromatic heterocycles. The molecule has 0 spiro atoms. The van der Waals surface area contributed by atoms with Crippen molar-refractivity contribution in [2.45, 2.75) is 37.3 Å². The molecule has 0 unspecified atom stereocenters. The lowest BCUT2D eigenvalue weighted by Gasteiger charge is -2.16. The molecule has 0 amide bonds. The van der Waals surface area contributed by atoms with Gasteiger partial charge in [0.2, 0.25) is 0 Å². The van der Waals surface area contributed by atoms with E-state index in [9.17, 15) is 4.79 Å². The Balaban J connectivity index is 0.000000385. The molecular weight excluding hydrogens is 220 g/mol. The maximum absolute atomic E-state index is 9.18. The van der Waals surface area contributed by atoms with Crippen LogP contribution in [0, 0.1) is 0 Å². The van der Waals surface area contributed by atoms with Crippen LogP contribution in [-0.2, 0) is 9.53 Å². The van der Waals surface area contributed by atoms with Gasteiger partial charge in [-0.2, -0.15) is 0 Å². The average molecular weight is 240 g/mol. The largest absolute Gasteiger partial charge is 0.468 e. The van der Waals surface area contributed by atoms with E-state index < -0.39 is 0 Å². The van der Waals surface area contributed by atoms with Crippen LogP contribution in [0.25, 0.3) is 0 Å². The van der Waals surface area contributed by atoms with Crippen molar-refractivity contribution >= 4 is 18.2 Å². The summed E-state index contributed by atoms with van der Waals surface area (Å²) >= 11 is 1.90. The molecule has 0 radical (unpaired) electrons. The van der Waals surface area contributed by atoms with Gasteiger partial charge in [-0.3, -0.25) is 4.79 Å². The van der Waals surface area contributed by atoms with Gasteiger partial charge in [-0.1, -0.05) is 39.0 Å². The topological polar surface area (TPSA) is 26.3 Å². The van der Waals surface area contributed by atoms with Crippen molar-refractivity contribution in [3.05, 3.63) is 30.3 Å². The maximum atomic E-state index is 9.18. The van der Waals surface area contributed by atoms with Gasteiger partial charge in [0, 0.05) is 9.64 Å². The first-order chi connectivity index (χ1) is 7.49. The molecule has 0 fully saturated rings. The van der Waals surface area contributed by atoms with Crippen molar-refractivity contribution in [1.29, 1.82) is 0 Å². The normalized spacial score (nSPS) is 10.0. The van der Waals surface area contributed by atoms with Gasteiger partial charge in [0.05, 0.1) is 6.61 Å². The fraction of sp³-hybridized carbons (Fsp3) is 0.462. The Morgan fingerprint density at radius 2 is 1.81 bits per heavy atom. The SMILES string of the molecule is CC(C)(C)Sc1ccccc1.CCOC=O. The highest BCUT2D eigenvalue weighted by Gasteiger charge is 2.10. The molecule has 90 valence electrons. The van der Waals surface area contributed by atoms with Crippen LogP contribution in [-0.4, -0.2) is 17.8 Å². The molecule has 0 atom stereocenters. The summed E-state index contributed by atoms with van der Waals surface area (Å²) in [5.41, 5.74) is 0. The Labute approximate surface area is 102 Å². The molecule has 0 heterocycles. The van der Waals surface area contributed by atoms with E-state index in [0.29, 0.717) is 17.8 Å². The number of rotatable bonds is 3. The van der Waals surface area contributed by atoms with E-state index in [0.717, 1.165) is 0 Å². The number of ether oxygens (including phenoxy) is 1. The number of hydrogen-bond acceptors (Lipinski definition) is 3. The molecule has 0 aliphatic carbocycles. The predicted octanol–water partition coefficient (Wildman–Crippen LogP) is 3.76. The van der Waals surface area contributed by atoms with Crippen LogP contribution in [0.2, 0.25) is 0 Å². The van der Waals surface area contributed by atoms with Crippen LogP contribution >= 0.6 is 11.8 Å². The summed E-state index contributed by atoms with van der Waals surface area (Å²) in [7, 11) is 0. The minimum atomic E-state index is 0.321. The molecule has 2 nitrogen and oxygen atoms in total. The van der Waals surface area contributed by atoms with E-state index in [4.69, 9.17) is 0 Å². The number of hydrogen-bond donors (Lipinski definition) is 0. The lowest BCUT2D eigenvalue weighted by atomic mass is 10.3. The van der Waals surface area contributed by atoms with Crippen molar-refractivity contribution in [3.63, 3.8) is 0 Å². The van der Waals surface area contributed by atoms with Gasteiger partial charge in [-0.15, -0.1) is 11.8 Å². The fourth-order valence-corrected chi connectivity index (χ4v) is 1.91. The van der Waals surface area contributed by atoms with E-state index in [1.54, 1.807) is 6.92 Å². The summed E-state index contributed by atoms with van der Waals surface area (Å²) in [5, 5.41) is 0. The van der Waals surface area contributed by atoms with Gasteiger partial charge < -0.3 is 4.74 Å². The van der Waals surface area contributed by atoms with E-state index in [2.05, 4.69) is 49.8 Å². The van der Waals surface area contributed by atoms with E-state index >= 15 is 0 Å². The number of carbonyl (C=O) groups is 1. The molecule has 0 saturated carbocycles. The molecule has 0 saturated heterocycles. The summed E-state index contributed by atoms with van der Waals surface area (Å²) in [5.74, 6) is 0. The summed E-state index contributed by atoms with van der Waals surface area (Å²) < 4.78 is 4.47. The first kappa shape index (κ1) is 15.0. The second-order valence-electron chi connectivity index (χ2n) is 4.08. The van der Waals surface area contributed by atoms with E-state index in [-0.39, 0.29) is 0 Å². The minimum absolute atomic E-state index is 0.321. The van der Waals surface area contributed by atoms with Crippen molar-refractivity contribution in [1.82, 2.24) is 0 Å². The Morgan fingerprint density at radius 3 is 2.12 bits per heavy atom. The molecule has 16 heavy (non-hydrogen) atoms. The average Bonchev–Trinajstić information content (AvgIpc) is 2.19. The first-order valence-electron chi connectivity index (χ1n) is 5.29. The number of carbonyl (C=O) groups excluding carboxylic acids is 1. The third-order valence-corrected chi connectivity index (χ3v) is 2.52. The molecular formula is C13H20O2S. The van der Waals surface area contributed by atoms with Crippen LogP contribution < -0.4 is 0 Å². The standard InChI is InChI=1S/C10H14S.C3H6O2/c1-10(2,3)11-9-7-5-4-6-8-9;1-2-5-3-4/h4-8H,1-3H3;3H,2H2,1H3. The highest BCUT2D eigenvalue weighted by atomic mass is 32.2. The number of thioether (sulfide) groups is 1. The summed E-state index contributed by atoms with van der Waals surface area (Å²) in [4.78, 5) is 10.5. The zero-order valence-electron chi connectivity index (χ0n) is 10.4. The van der Waals surface area contributed by atoms with Crippen LogP contribution in [0.3, 0.4) is 0 Å². The number of benzene rings is 1. The quantitative estimate of drug-likeness (QED) is 0.594. The zero-order valence-corrected chi connectivity index (χ0v) is 11.2. The third kappa shape index (κ3) is 9.59. The smallest absolute Gasteiger partial charge is 0.293 e. The second-order valence-corrected chi connectivity index (χ2v) is 5.98. The van der Waals surface area contributed by atoms with Gasteiger partial charge in [-0.05, 0) is 19.1 Å². The molecule has 1 aromatic rings. The van der Waals surface area contributed by atoms with Gasteiger partial charge >= 0.3 is 0 Å². The minimum Gasteiger partial charge on any atom is -0.468 e. The zero-order chi connectivity index (χ0) is 12.4. The van der Waals surface area contributed by atoms with Crippen molar-refractivity contribution in [3.8, 4) is 0 Å². The molecule has 3 heteroatoms. The highest BCUT2D eigenvalue weighted by molar-refractivity contribution is 8.00. The Morgan fingerprint density at radius 1 is 1.25 bits per heavy atom. The van der Waals surface area contributed by atoms with Gasteiger partial charge in [0.1, 0.15) is 0 Å². The molecule has 0 aliphatic heterocycles. The van der Waals surface area contributed by atoms with Crippen molar-refractivity contribution in [2.24, 2.45) is 0 Å². The highest BCUT2D eigenvalue weighted by Crippen LogP contribution is 2.30. The summed E-state index contributed by atoms with van der Waals surface area (Å²) in [6.45, 7) is 9.35. The van der Waals surface area contributed by atoms with Crippen LogP contribution in [0.15, 0.2) is 35.2 Å². The van der Waals surface area contributed by atoms with Gasteiger partial charge in [-0.25, -0.2) is 0 Å². The Bertz CT molecular complexity index is 278. The van der Waals surface area contributed by atoms with Crippen LogP contribution in [0.5, 0.6) is 0 Å². The molecule has 0 N–H and O–H groups in total. The third-order valence-electron chi connectivity index (χ3n) is 1.40. The predicted molar refractivity (Wildman–Crippen MR) is 69.7 cm³/mol. The lowest BCUT2D eigenvalue weighted by molar-refractivity contribution is -0.128.